The molecular formula is C13H12O4S. The number of aryl methyl sites for hydroxylation is 1. The van der Waals surface area contributed by atoms with E-state index in [1.54, 1.807) is 25.1 Å². The Labute approximate surface area is 105 Å². The smallest absolute Gasteiger partial charge is 0.207 e. The highest BCUT2D eigenvalue weighted by Gasteiger charge is 2.20. The molecule has 0 aromatic heterocycles. The minimum Gasteiger partial charge on any atom is -0.508 e. The van der Waals surface area contributed by atoms with Crippen LogP contribution in [0.25, 0.3) is 0 Å². The SMILES string of the molecule is Cc1ccccc1S(=O)(=O)c1cc(O)cc(O)c1. The molecule has 5 heteroatoms. The summed E-state index contributed by atoms with van der Waals surface area (Å²) in [6.07, 6.45) is 0. The Morgan fingerprint density at radius 2 is 1.50 bits per heavy atom. The summed E-state index contributed by atoms with van der Waals surface area (Å²) in [6.45, 7) is 1.69. The van der Waals surface area contributed by atoms with Crippen molar-refractivity contribution in [3.63, 3.8) is 0 Å². The quantitative estimate of drug-likeness (QED) is 0.872. The molecule has 0 aliphatic carbocycles. The lowest BCUT2D eigenvalue weighted by Crippen LogP contribution is -2.03. The van der Waals surface area contributed by atoms with Crippen molar-refractivity contribution in [2.24, 2.45) is 0 Å². The van der Waals surface area contributed by atoms with Crippen LogP contribution in [-0.2, 0) is 9.84 Å². The van der Waals surface area contributed by atoms with Crippen LogP contribution in [0, 0.1) is 6.92 Å². The van der Waals surface area contributed by atoms with E-state index in [-0.39, 0.29) is 21.3 Å². The molecule has 2 aromatic carbocycles. The van der Waals surface area contributed by atoms with E-state index in [0.717, 1.165) is 18.2 Å². The van der Waals surface area contributed by atoms with Crippen LogP contribution in [0.15, 0.2) is 52.3 Å². The molecule has 2 N–H and O–H groups in total. The normalized spacial score (nSPS) is 11.4. The van der Waals surface area contributed by atoms with Crippen LogP contribution in [0.1, 0.15) is 5.56 Å². The molecule has 0 unspecified atom stereocenters. The van der Waals surface area contributed by atoms with Crippen molar-refractivity contribution in [1.82, 2.24) is 0 Å². The van der Waals surface area contributed by atoms with Crippen molar-refractivity contribution < 1.29 is 18.6 Å². The zero-order chi connectivity index (χ0) is 13.3. The number of rotatable bonds is 2. The first kappa shape index (κ1) is 12.4. The van der Waals surface area contributed by atoms with Gasteiger partial charge in [-0.2, -0.15) is 0 Å². The molecule has 0 aliphatic heterocycles. The maximum absolute atomic E-state index is 12.3. The molecule has 94 valence electrons. The maximum Gasteiger partial charge on any atom is 0.207 e. The summed E-state index contributed by atoms with van der Waals surface area (Å²) in [6, 6.07) is 9.86. The Morgan fingerprint density at radius 3 is 2.06 bits per heavy atom. The number of hydrogen-bond donors (Lipinski definition) is 2. The first-order chi connectivity index (χ1) is 8.41. The highest BCUT2D eigenvalue weighted by atomic mass is 32.2. The molecule has 0 saturated heterocycles. The van der Waals surface area contributed by atoms with Crippen molar-refractivity contribution in [3.05, 3.63) is 48.0 Å². The molecule has 0 spiro atoms. The van der Waals surface area contributed by atoms with E-state index >= 15 is 0 Å². The third-order valence-electron chi connectivity index (χ3n) is 2.57. The van der Waals surface area contributed by atoms with E-state index in [2.05, 4.69) is 0 Å². The highest BCUT2D eigenvalue weighted by Crippen LogP contribution is 2.29. The third kappa shape index (κ3) is 2.17. The van der Waals surface area contributed by atoms with Gasteiger partial charge in [-0.15, -0.1) is 0 Å². The molecule has 0 saturated carbocycles. The molecule has 0 bridgehead atoms. The Morgan fingerprint density at radius 1 is 0.944 bits per heavy atom. The van der Waals surface area contributed by atoms with Crippen LogP contribution in [0.3, 0.4) is 0 Å². The predicted molar refractivity (Wildman–Crippen MR) is 66.4 cm³/mol. The van der Waals surface area contributed by atoms with E-state index < -0.39 is 9.84 Å². The highest BCUT2D eigenvalue weighted by molar-refractivity contribution is 7.91. The maximum atomic E-state index is 12.3. The molecule has 2 aromatic rings. The molecule has 0 amide bonds. The standard InChI is InChI=1S/C13H12O4S/c1-9-4-2-3-5-13(9)18(16,17)12-7-10(14)6-11(15)8-12/h2-8,14-15H,1H3. The van der Waals surface area contributed by atoms with Crippen LogP contribution in [0.2, 0.25) is 0 Å². The van der Waals surface area contributed by atoms with E-state index in [1.807, 2.05) is 0 Å². The van der Waals surface area contributed by atoms with E-state index in [4.69, 9.17) is 0 Å². The summed E-state index contributed by atoms with van der Waals surface area (Å²) in [7, 11) is -3.73. The van der Waals surface area contributed by atoms with Gasteiger partial charge in [0.15, 0.2) is 0 Å². The summed E-state index contributed by atoms with van der Waals surface area (Å²) in [5, 5.41) is 18.7. The summed E-state index contributed by atoms with van der Waals surface area (Å²) in [5.41, 5.74) is 0.611. The molecule has 0 heterocycles. The molecule has 2 rings (SSSR count). The monoisotopic (exact) mass is 264 g/mol. The molecule has 0 radical (unpaired) electrons. The van der Waals surface area contributed by atoms with Crippen LogP contribution in [0.5, 0.6) is 11.5 Å². The lowest BCUT2D eigenvalue weighted by atomic mass is 10.2. The summed E-state index contributed by atoms with van der Waals surface area (Å²) >= 11 is 0. The molecular weight excluding hydrogens is 252 g/mol. The van der Waals surface area contributed by atoms with Gasteiger partial charge in [0.05, 0.1) is 9.79 Å². The Balaban J connectivity index is 2.66. The van der Waals surface area contributed by atoms with Gasteiger partial charge >= 0.3 is 0 Å². The van der Waals surface area contributed by atoms with Gasteiger partial charge in [0, 0.05) is 6.07 Å². The fourth-order valence-electron chi connectivity index (χ4n) is 1.71. The van der Waals surface area contributed by atoms with Gasteiger partial charge in [0.2, 0.25) is 9.84 Å². The van der Waals surface area contributed by atoms with Crippen LogP contribution in [0.4, 0.5) is 0 Å². The van der Waals surface area contributed by atoms with Crippen molar-refractivity contribution in [1.29, 1.82) is 0 Å². The largest absolute Gasteiger partial charge is 0.508 e. The minimum absolute atomic E-state index is 0.130. The lowest BCUT2D eigenvalue weighted by Gasteiger charge is -2.08. The number of aromatic hydroxyl groups is 2. The number of phenols is 2. The second-order valence-corrected chi connectivity index (χ2v) is 5.87. The molecule has 0 aliphatic rings. The second kappa shape index (κ2) is 4.34. The zero-order valence-electron chi connectivity index (χ0n) is 9.66. The number of benzene rings is 2. The Bertz CT molecular complexity index is 670. The van der Waals surface area contributed by atoms with Gasteiger partial charge in [-0.3, -0.25) is 0 Å². The van der Waals surface area contributed by atoms with Crippen molar-refractivity contribution in [3.8, 4) is 11.5 Å². The van der Waals surface area contributed by atoms with Gasteiger partial charge in [-0.1, -0.05) is 18.2 Å². The van der Waals surface area contributed by atoms with Crippen LogP contribution >= 0.6 is 0 Å². The van der Waals surface area contributed by atoms with Crippen LogP contribution in [-0.4, -0.2) is 18.6 Å². The summed E-state index contributed by atoms with van der Waals surface area (Å²) in [4.78, 5) is 0.0318. The molecule has 0 fully saturated rings. The first-order valence-corrected chi connectivity index (χ1v) is 6.73. The van der Waals surface area contributed by atoms with Crippen molar-refractivity contribution in [2.45, 2.75) is 16.7 Å². The van der Waals surface area contributed by atoms with Crippen molar-refractivity contribution >= 4 is 9.84 Å². The fourth-order valence-corrected chi connectivity index (χ4v) is 3.26. The summed E-state index contributed by atoms with van der Waals surface area (Å²) in [5.74, 6) is -0.579. The molecule has 4 nitrogen and oxygen atoms in total. The van der Waals surface area contributed by atoms with E-state index in [9.17, 15) is 18.6 Å². The average molecular weight is 264 g/mol. The third-order valence-corrected chi connectivity index (χ3v) is 4.46. The fraction of sp³-hybridized carbons (Fsp3) is 0.0769. The minimum atomic E-state index is -3.73. The van der Waals surface area contributed by atoms with Gasteiger partial charge < -0.3 is 10.2 Å². The first-order valence-electron chi connectivity index (χ1n) is 5.25. The van der Waals surface area contributed by atoms with E-state index in [0.29, 0.717) is 5.56 Å². The molecule has 0 atom stereocenters. The predicted octanol–water partition coefficient (Wildman–Crippen LogP) is 2.24. The van der Waals surface area contributed by atoms with Gasteiger partial charge in [0.25, 0.3) is 0 Å². The van der Waals surface area contributed by atoms with Crippen molar-refractivity contribution in [2.75, 3.05) is 0 Å². The van der Waals surface area contributed by atoms with Gasteiger partial charge in [-0.25, -0.2) is 8.42 Å². The topological polar surface area (TPSA) is 74.6 Å². The van der Waals surface area contributed by atoms with E-state index in [1.165, 1.54) is 6.07 Å². The van der Waals surface area contributed by atoms with Gasteiger partial charge in [0.1, 0.15) is 11.5 Å². The van der Waals surface area contributed by atoms with Crippen LogP contribution < -0.4 is 0 Å². The average Bonchev–Trinajstić information content (AvgIpc) is 2.28. The van der Waals surface area contributed by atoms with Gasteiger partial charge in [-0.05, 0) is 30.7 Å². The number of phenolic OH excluding ortho intramolecular Hbond substituents is 2. The Kier molecular flexibility index (Phi) is 3.00. The molecule has 18 heavy (non-hydrogen) atoms. The Hall–Kier alpha value is -2.01. The number of hydrogen-bond acceptors (Lipinski definition) is 4. The second-order valence-electron chi connectivity index (χ2n) is 3.95. The zero-order valence-corrected chi connectivity index (χ0v) is 10.5. The lowest BCUT2D eigenvalue weighted by molar-refractivity contribution is 0.447. The number of sulfone groups is 1. The summed E-state index contributed by atoms with van der Waals surface area (Å²) < 4.78 is 24.7.